The van der Waals surface area contributed by atoms with Gasteiger partial charge in [0.1, 0.15) is 7.63 Å². The Morgan fingerprint density at radius 3 is 2.83 bits per heavy atom. The van der Waals surface area contributed by atoms with Crippen LogP contribution in [-0.4, -0.2) is 20.3 Å². The summed E-state index contributed by atoms with van der Waals surface area (Å²) in [5, 5.41) is 0. The highest BCUT2D eigenvalue weighted by atomic mass is 16.5. The zero-order chi connectivity index (χ0) is 14.8. The van der Waals surface area contributed by atoms with E-state index in [1.807, 2.05) is 0 Å². The van der Waals surface area contributed by atoms with E-state index in [2.05, 4.69) is 9.47 Å². The van der Waals surface area contributed by atoms with Gasteiger partial charge in [-0.1, -0.05) is 0 Å². The maximum Gasteiger partial charge on any atom is 0.161 e. The number of benzene rings is 1. The van der Waals surface area contributed by atoms with Crippen LogP contribution in [0.15, 0.2) is 18.2 Å². The van der Waals surface area contributed by atoms with E-state index in [1.165, 1.54) is 0 Å². The van der Waals surface area contributed by atoms with Gasteiger partial charge in [-0.3, -0.25) is 4.79 Å². The molecule has 1 aromatic carbocycles. The molecular weight excluding hydrogens is 156 g/mol. The monoisotopic (exact) mass is 173 g/mol. The largest absolute Gasteiger partial charge is 0.493 e. The molecule has 0 aliphatic heterocycles. The molecule has 0 saturated carbocycles. The van der Waals surface area contributed by atoms with E-state index in [-0.39, 0.29) is 11.3 Å². The highest BCUT2D eigenvalue weighted by Crippen LogP contribution is 2.26. The zero-order valence-electron chi connectivity index (χ0n) is 13.0. The summed E-state index contributed by atoms with van der Waals surface area (Å²) in [7, 11) is -5.63. The van der Waals surface area contributed by atoms with Crippen molar-refractivity contribution in [2.75, 3.05) is 14.1 Å². The van der Waals surface area contributed by atoms with Crippen LogP contribution in [0.3, 0.4) is 0 Å². The van der Waals surface area contributed by atoms with E-state index >= 15 is 0 Å². The fourth-order valence-corrected chi connectivity index (χ4v) is 0.736. The lowest BCUT2D eigenvalue weighted by molar-refractivity contribution is 0.112. The van der Waals surface area contributed by atoms with Gasteiger partial charge >= 0.3 is 0 Å². The van der Waals surface area contributed by atoms with Gasteiger partial charge in [0.2, 0.25) is 0 Å². The minimum absolute atomic E-state index is 0.142. The molecule has 0 unspecified atom stereocenters. The van der Waals surface area contributed by atoms with Crippen molar-refractivity contribution in [2.45, 2.75) is 0 Å². The molecule has 0 amide bonds. The zero-order valence-corrected chi connectivity index (χ0v) is 5.96. The lowest BCUT2D eigenvalue weighted by Gasteiger charge is -2.06. The van der Waals surface area contributed by atoms with E-state index in [0.29, 0.717) is 0 Å². The number of rotatable bonds is 3. The highest BCUT2D eigenvalue weighted by molar-refractivity contribution is 5.76. The van der Waals surface area contributed by atoms with Crippen LogP contribution in [0.5, 0.6) is 11.5 Å². The average Bonchev–Trinajstić information content (AvgIpc) is 2.15. The van der Waals surface area contributed by atoms with Gasteiger partial charge in [0, 0.05) is 5.56 Å². The molecule has 0 bridgehead atoms. The molecule has 0 saturated heterocycles. The summed E-state index contributed by atoms with van der Waals surface area (Å²) in [5.74, 6) is -0.782. The Bertz CT molecular complexity index is 478. The predicted molar refractivity (Wildman–Crippen MR) is 44.9 cm³/mol. The first-order chi connectivity index (χ1) is 8.48. The van der Waals surface area contributed by atoms with E-state index in [4.69, 9.17) is 9.60 Å². The summed E-state index contributed by atoms with van der Waals surface area (Å²) in [6.07, 6.45) is -1.06. The van der Waals surface area contributed by atoms with Crippen LogP contribution in [0.4, 0.5) is 0 Å². The number of carbonyl (C=O) groups excluding carboxylic acids is 1. The van der Waals surface area contributed by atoms with E-state index in [9.17, 15) is 4.79 Å². The second-order valence-corrected chi connectivity index (χ2v) is 1.97. The van der Waals surface area contributed by atoms with E-state index < -0.39 is 26.1 Å². The molecule has 0 aromatic heterocycles. The van der Waals surface area contributed by atoms with Crippen molar-refractivity contribution >= 4 is 6.26 Å². The van der Waals surface area contributed by atoms with Crippen molar-refractivity contribution in [1.82, 2.24) is 0 Å². The van der Waals surface area contributed by atoms with Crippen LogP contribution in [0.1, 0.15) is 20.0 Å². The predicted octanol–water partition coefficient (Wildman–Crippen LogP) is 1.52. The van der Waals surface area contributed by atoms with Gasteiger partial charge in [0.15, 0.2) is 11.5 Å². The molecule has 0 N–H and O–H groups in total. The number of aldehydes is 1. The Balaban J connectivity index is 3.19. The van der Waals surface area contributed by atoms with E-state index in [1.54, 1.807) is 0 Å². The molecular formula is C9H10O3. The summed E-state index contributed by atoms with van der Waals surface area (Å²) < 4.78 is 57.7. The smallest absolute Gasteiger partial charge is 0.161 e. The SMILES string of the molecule is [2H]C(=O)c1ccc(OC([2H])([2H])[2H])c(OC([2H])([2H])[2H])c1. The molecule has 1 aromatic rings. The first-order valence-corrected chi connectivity index (χ1v) is 3.01. The Labute approximate surface area is 80.7 Å². The normalized spacial score (nSPS) is 19.8. The standard InChI is InChI=1S/C9H10O3/c1-11-8-4-3-7(6-10)5-9(8)12-2/h3-6H,1-2H3/i1D3,2D3,6D. The molecule has 3 heteroatoms. The van der Waals surface area contributed by atoms with Crippen LogP contribution in [0, 0.1) is 0 Å². The van der Waals surface area contributed by atoms with Gasteiger partial charge in [-0.05, 0) is 18.2 Å². The number of hydrogen-bond acceptors (Lipinski definition) is 3. The Kier molecular flexibility index (Phi) is 0.967. The van der Waals surface area contributed by atoms with Crippen LogP contribution >= 0.6 is 0 Å². The van der Waals surface area contributed by atoms with Gasteiger partial charge < -0.3 is 9.47 Å². The summed E-state index contributed by atoms with van der Waals surface area (Å²) in [4.78, 5) is 10.9. The van der Waals surface area contributed by atoms with Crippen LogP contribution in [0.25, 0.3) is 0 Å². The van der Waals surface area contributed by atoms with Crippen molar-refractivity contribution < 1.29 is 23.9 Å². The van der Waals surface area contributed by atoms with Gasteiger partial charge in [-0.25, -0.2) is 0 Å². The van der Waals surface area contributed by atoms with Gasteiger partial charge in [0.25, 0.3) is 0 Å². The first kappa shape index (κ1) is 3.09. The summed E-state index contributed by atoms with van der Waals surface area (Å²) >= 11 is 0. The summed E-state index contributed by atoms with van der Waals surface area (Å²) in [6.45, 7) is 0. The van der Waals surface area contributed by atoms with Crippen molar-refractivity contribution in [2.24, 2.45) is 0 Å². The van der Waals surface area contributed by atoms with Gasteiger partial charge in [0.05, 0.1) is 22.3 Å². The summed E-state index contributed by atoms with van der Waals surface area (Å²) in [6, 6.07) is 3.15. The molecule has 0 atom stereocenters. The molecule has 0 fully saturated rings. The average molecular weight is 173 g/mol. The molecule has 0 aliphatic carbocycles. The topological polar surface area (TPSA) is 35.5 Å². The Morgan fingerprint density at radius 1 is 1.42 bits per heavy atom. The maximum atomic E-state index is 10.9. The minimum Gasteiger partial charge on any atom is -0.493 e. The number of carbonyl (C=O) groups is 1. The van der Waals surface area contributed by atoms with Crippen LogP contribution < -0.4 is 9.47 Å². The van der Waals surface area contributed by atoms with Crippen molar-refractivity contribution in [1.29, 1.82) is 0 Å². The van der Waals surface area contributed by atoms with Crippen molar-refractivity contribution in [3.8, 4) is 11.5 Å². The molecule has 0 radical (unpaired) electrons. The van der Waals surface area contributed by atoms with Gasteiger partial charge in [-0.2, -0.15) is 0 Å². The molecule has 0 aliphatic rings. The van der Waals surface area contributed by atoms with Crippen molar-refractivity contribution in [3.05, 3.63) is 23.8 Å². The van der Waals surface area contributed by atoms with Gasteiger partial charge in [-0.15, -0.1) is 0 Å². The molecule has 64 valence electrons. The molecule has 3 nitrogen and oxygen atoms in total. The Hall–Kier alpha value is -1.51. The van der Waals surface area contributed by atoms with Crippen LogP contribution in [0.2, 0.25) is 0 Å². The fraction of sp³-hybridized carbons (Fsp3) is 0.222. The second-order valence-electron chi connectivity index (χ2n) is 1.97. The number of methoxy groups -OCH3 is 2. The highest BCUT2D eigenvalue weighted by Gasteiger charge is 2.02. The van der Waals surface area contributed by atoms with Crippen LogP contribution in [-0.2, 0) is 0 Å². The fourth-order valence-electron chi connectivity index (χ4n) is 0.736. The molecule has 0 heterocycles. The third-order valence-corrected chi connectivity index (χ3v) is 1.28. The maximum absolute atomic E-state index is 10.9. The molecule has 12 heavy (non-hydrogen) atoms. The van der Waals surface area contributed by atoms with E-state index in [0.717, 1.165) is 18.2 Å². The third kappa shape index (κ3) is 1.56. The molecule has 1 rings (SSSR count). The Morgan fingerprint density at radius 2 is 2.17 bits per heavy atom. The number of ether oxygens (including phenoxy) is 2. The third-order valence-electron chi connectivity index (χ3n) is 1.28. The van der Waals surface area contributed by atoms with Crippen molar-refractivity contribution in [3.63, 3.8) is 0 Å². The molecule has 0 spiro atoms. The lowest BCUT2D eigenvalue weighted by atomic mass is 10.2. The number of hydrogen-bond donors (Lipinski definition) is 0. The summed E-state index contributed by atoms with van der Waals surface area (Å²) in [5.41, 5.74) is -0.142. The second kappa shape index (κ2) is 3.76. The minimum atomic E-state index is -2.84. The first-order valence-electron chi connectivity index (χ1n) is 6.51. The quantitative estimate of drug-likeness (QED) is 0.650. The lowest BCUT2D eigenvalue weighted by Crippen LogP contribution is -1.91.